The van der Waals surface area contributed by atoms with Crippen molar-refractivity contribution >= 4 is 11.6 Å². The monoisotopic (exact) mass is 248 g/mol. The van der Waals surface area contributed by atoms with Crippen LogP contribution in [0.1, 0.15) is 26.2 Å². The summed E-state index contributed by atoms with van der Waals surface area (Å²) < 4.78 is 5.54. The van der Waals surface area contributed by atoms with Gasteiger partial charge in [-0.3, -0.25) is 4.79 Å². The first-order valence-corrected chi connectivity index (χ1v) is 6.56. The number of hydrogen-bond acceptors (Lipinski definition) is 3. The van der Waals surface area contributed by atoms with Gasteiger partial charge < -0.3 is 15.4 Å². The molecule has 18 heavy (non-hydrogen) atoms. The van der Waals surface area contributed by atoms with E-state index < -0.39 is 0 Å². The molecule has 1 aromatic rings. The molecule has 4 nitrogen and oxygen atoms in total. The molecule has 0 saturated carbocycles. The molecule has 0 bridgehead atoms. The smallest absolute Gasteiger partial charge is 0.241 e. The molecule has 2 N–H and O–H groups in total. The van der Waals surface area contributed by atoms with Crippen LogP contribution < -0.4 is 15.4 Å². The summed E-state index contributed by atoms with van der Waals surface area (Å²) >= 11 is 0. The SMILES string of the molecule is CCCOc1cccc(NC(=O)[C@H]2CCCN2)c1. The van der Waals surface area contributed by atoms with Gasteiger partial charge in [-0.1, -0.05) is 13.0 Å². The zero-order valence-corrected chi connectivity index (χ0v) is 10.7. The highest BCUT2D eigenvalue weighted by atomic mass is 16.5. The van der Waals surface area contributed by atoms with Crippen LogP contribution in [0.2, 0.25) is 0 Å². The second-order valence-electron chi connectivity index (χ2n) is 4.51. The second kappa shape index (κ2) is 6.40. The van der Waals surface area contributed by atoms with Crippen molar-refractivity contribution in [3.63, 3.8) is 0 Å². The lowest BCUT2D eigenvalue weighted by Crippen LogP contribution is -2.35. The Labute approximate surface area is 108 Å². The number of anilines is 1. The number of carbonyl (C=O) groups excluding carboxylic acids is 1. The van der Waals surface area contributed by atoms with Crippen molar-refractivity contribution in [2.45, 2.75) is 32.2 Å². The van der Waals surface area contributed by atoms with Crippen LogP contribution in [-0.2, 0) is 4.79 Å². The van der Waals surface area contributed by atoms with E-state index in [4.69, 9.17) is 4.74 Å². The Hall–Kier alpha value is -1.55. The first-order valence-electron chi connectivity index (χ1n) is 6.56. The maximum atomic E-state index is 11.9. The molecule has 1 aliphatic heterocycles. The normalized spacial score (nSPS) is 18.6. The summed E-state index contributed by atoms with van der Waals surface area (Å²) in [6.07, 6.45) is 2.96. The molecule has 0 spiro atoms. The van der Waals surface area contributed by atoms with E-state index in [2.05, 4.69) is 17.6 Å². The maximum absolute atomic E-state index is 11.9. The lowest BCUT2D eigenvalue weighted by Gasteiger charge is -2.12. The Morgan fingerprint density at radius 3 is 3.17 bits per heavy atom. The van der Waals surface area contributed by atoms with Gasteiger partial charge in [0.25, 0.3) is 0 Å². The van der Waals surface area contributed by atoms with Gasteiger partial charge in [-0.05, 0) is 37.9 Å². The van der Waals surface area contributed by atoms with E-state index in [1.165, 1.54) is 0 Å². The first-order chi connectivity index (χ1) is 8.79. The van der Waals surface area contributed by atoms with Crippen molar-refractivity contribution < 1.29 is 9.53 Å². The molecule has 2 rings (SSSR count). The van der Waals surface area contributed by atoms with Gasteiger partial charge in [-0.15, -0.1) is 0 Å². The van der Waals surface area contributed by atoms with Crippen molar-refractivity contribution in [3.8, 4) is 5.75 Å². The summed E-state index contributed by atoms with van der Waals surface area (Å²) in [5.41, 5.74) is 0.794. The van der Waals surface area contributed by atoms with Gasteiger partial charge in [0.2, 0.25) is 5.91 Å². The molecule has 0 aliphatic carbocycles. The third-order valence-corrected chi connectivity index (χ3v) is 2.95. The zero-order chi connectivity index (χ0) is 12.8. The fourth-order valence-electron chi connectivity index (χ4n) is 2.02. The molecule has 1 heterocycles. The lowest BCUT2D eigenvalue weighted by molar-refractivity contribution is -0.117. The number of benzene rings is 1. The number of carbonyl (C=O) groups is 1. The highest BCUT2D eigenvalue weighted by molar-refractivity contribution is 5.95. The van der Waals surface area contributed by atoms with Gasteiger partial charge in [-0.2, -0.15) is 0 Å². The summed E-state index contributed by atoms with van der Waals surface area (Å²) in [6.45, 7) is 3.69. The van der Waals surface area contributed by atoms with Gasteiger partial charge >= 0.3 is 0 Å². The Kier molecular flexibility index (Phi) is 4.59. The predicted molar refractivity (Wildman–Crippen MR) is 71.9 cm³/mol. The number of hydrogen-bond donors (Lipinski definition) is 2. The Morgan fingerprint density at radius 2 is 2.44 bits per heavy atom. The summed E-state index contributed by atoms with van der Waals surface area (Å²) in [6, 6.07) is 7.49. The Bertz CT molecular complexity index is 401. The molecule has 1 aromatic carbocycles. The molecule has 1 aliphatic rings. The fraction of sp³-hybridized carbons (Fsp3) is 0.500. The molecule has 1 amide bonds. The molecule has 1 saturated heterocycles. The van der Waals surface area contributed by atoms with Gasteiger partial charge in [0, 0.05) is 11.8 Å². The summed E-state index contributed by atoms with van der Waals surface area (Å²) in [5, 5.41) is 6.10. The number of amides is 1. The van der Waals surface area contributed by atoms with Crippen LogP contribution in [0.15, 0.2) is 24.3 Å². The van der Waals surface area contributed by atoms with Gasteiger partial charge in [0.15, 0.2) is 0 Å². The molecule has 1 atom stereocenters. The summed E-state index contributed by atoms with van der Waals surface area (Å²) in [5.74, 6) is 0.842. The predicted octanol–water partition coefficient (Wildman–Crippen LogP) is 2.17. The summed E-state index contributed by atoms with van der Waals surface area (Å²) in [4.78, 5) is 11.9. The largest absolute Gasteiger partial charge is 0.494 e. The van der Waals surface area contributed by atoms with E-state index in [1.807, 2.05) is 24.3 Å². The van der Waals surface area contributed by atoms with Crippen LogP contribution in [-0.4, -0.2) is 25.1 Å². The first kappa shape index (κ1) is 12.9. The van der Waals surface area contributed by atoms with Crippen molar-refractivity contribution in [2.75, 3.05) is 18.5 Å². The second-order valence-corrected chi connectivity index (χ2v) is 4.51. The van der Waals surface area contributed by atoms with E-state index >= 15 is 0 Å². The topological polar surface area (TPSA) is 50.4 Å². The van der Waals surface area contributed by atoms with E-state index in [9.17, 15) is 4.79 Å². The minimum atomic E-state index is -0.0507. The Morgan fingerprint density at radius 1 is 1.56 bits per heavy atom. The molecule has 0 aromatic heterocycles. The minimum absolute atomic E-state index is 0.0418. The van der Waals surface area contributed by atoms with Crippen molar-refractivity contribution in [2.24, 2.45) is 0 Å². The van der Waals surface area contributed by atoms with Gasteiger partial charge in [-0.25, -0.2) is 0 Å². The van der Waals surface area contributed by atoms with Crippen molar-refractivity contribution in [3.05, 3.63) is 24.3 Å². The third kappa shape index (κ3) is 3.47. The number of nitrogens with one attached hydrogen (secondary N) is 2. The molecule has 98 valence electrons. The minimum Gasteiger partial charge on any atom is -0.494 e. The molecule has 1 fully saturated rings. The molecule has 4 heteroatoms. The molecule has 0 radical (unpaired) electrons. The Balaban J connectivity index is 1.93. The van der Waals surface area contributed by atoms with Crippen LogP contribution in [0.5, 0.6) is 5.75 Å². The van der Waals surface area contributed by atoms with Gasteiger partial charge in [0.1, 0.15) is 5.75 Å². The van der Waals surface area contributed by atoms with Gasteiger partial charge in [0.05, 0.1) is 12.6 Å². The van der Waals surface area contributed by atoms with E-state index in [0.717, 1.165) is 37.2 Å². The summed E-state index contributed by atoms with van der Waals surface area (Å²) in [7, 11) is 0. The zero-order valence-electron chi connectivity index (χ0n) is 10.7. The quantitative estimate of drug-likeness (QED) is 0.839. The molecular formula is C14H20N2O2. The van der Waals surface area contributed by atoms with E-state index in [1.54, 1.807) is 0 Å². The van der Waals surface area contributed by atoms with E-state index in [-0.39, 0.29) is 11.9 Å². The van der Waals surface area contributed by atoms with Crippen LogP contribution in [0.4, 0.5) is 5.69 Å². The molecule has 0 unspecified atom stereocenters. The van der Waals surface area contributed by atoms with E-state index in [0.29, 0.717) is 6.61 Å². The average molecular weight is 248 g/mol. The van der Waals surface area contributed by atoms with Crippen molar-refractivity contribution in [1.29, 1.82) is 0 Å². The third-order valence-electron chi connectivity index (χ3n) is 2.95. The molecular weight excluding hydrogens is 228 g/mol. The lowest BCUT2D eigenvalue weighted by atomic mass is 10.2. The van der Waals surface area contributed by atoms with Crippen LogP contribution in [0.25, 0.3) is 0 Å². The average Bonchev–Trinajstić information content (AvgIpc) is 2.91. The highest BCUT2D eigenvalue weighted by Crippen LogP contribution is 2.18. The standard InChI is InChI=1S/C14H20N2O2/c1-2-9-18-12-6-3-5-11(10-12)16-14(17)13-7-4-8-15-13/h3,5-6,10,13,15H,2,4,7-9H2,1H3,(H,16,17)/t13-/m1/s1. The number of rotatable bonds is 5. The van der Waals surface area contributed by atoms with Crippen LogP contribution >= 0.6 is 0 Å². The fourth-order valence-corrected chi connectivity index (χ4v) is 2.02. The van der Waals surface area contributed by atoms with Crippen molar-refractivity contribution in [1.82, 2.24) is 5.32 Å². The van der Waals surface area contributed by atoms with Crippen LogP contribution in [0.3, 0.4) is 0 Å². The van der Waals surface area contributed by atoms with Crippen LogP contribution in [0, 0.1) is 0 Å². The maximum Gasteiger partial charge on any atom is 0.241 e. The number of ether oxygens (including phenoxy) is 1. The highest BCUT2D eigenvalue weighted by Gasteiger charge is 2.21.